The lowest BCUT2D eigenvalue weighted by atomic mass is 9.74. The highest BCUT2D eigenvalue weighted by molar-refractivity contribution is 7.97. The summed E-state index contributed by atoms with van der Waals surface area (Å²) in [5.74, 6) is -1.58. The number of aliphatic carboxylic acids is 1. The number of carboxylic acid groups (broad SMARTS) is 1. The number of carbonyl (C=O) groups is 2. The van der Waals surface area contributed by atoms with Gasteiger partial charge in [0, 0.05) is 0 Å². The fraction of sp³-hybridized carbons (Fsp3) is 0.323. The molecule has 0 saturated carbocycles. The molecule has 1 heterocycles. The number of aromatic nitrogens is 1. The molecule has 0 unspecified atom stereocenters. The number of nitrogens with zero attached hydrogens (tertiary/aromatic N) is 1. The molecule has 0 aliphatic carbocycles. The summed E-state index contributed by atoms with van der Waals surface area (Å²) >= 11 is 2.45. The average molecular weight is 548 g/mol. The third-order valence-corrected chi connectivity index (χ3v) is 8.67. The number of benzene rings is 3. The molecule has 1 N–H and O–H groups in total. The third-order valence-electron chi connectivity index (χ3n) is 6.95. The number of hydrogen-bond acceptors (Lipinski definition) is 6. The van der Waals surface area contributed by atoms with E-state index >= 15 is 0 Å². The summed E-state index contributed by atoms with van der Waals surface area (Å²) in [6.07, 6.45) is 2.97. The second kappa shape index (κ2) is 12.6. The van der Waals surface area contributed by atoms with Gasteiger partial charge in [-0.05, 0) is 66.0 Å². The van der Waals surface area contributed by atoms with E-state index in [4.69, 9.17) is 9.17 Å². The highest BCUT2D eigenvalue weighted by Gasteiger charge is 2.43. The Hall–Kier alpha value is -3.16. The van der Waals surface area contributed by atoms with Crippen LogP contribution in [0.1, 0.15) is 55.0 Å². The Morgan fingerprint density at radius 2 is 1.47 bits per heavy atom. The van der Waals surface area contributed by atoms with E-state index in [2.05, 4.69) is 26.8 Å². The summed E-state index contributed by atoms with van der Waals surface area (Å²) in [6, 6.07) is 21.2. The summed E-state index contributed by atoms with van der Waals surface area (Å²) in [4.78, 5) is 30.7. The van der Waals surface area contributed by atoms with Crippen LogP contribution in [-0.4, -0.2) is 22.0 Å². The SMILES string of the molecule is CCc1cc2sc(SOC(=O)C(CC(=O)O)(Cc3ccccc3)Cc3ccccc3)nc2c(CC)c1CC. The van der Waals surface area contributed by atoms with Gasteiger partial charge in [0.2, 0.25) is 0 Å². The smallest absolute Gasteiger partial charge is 0.325 e. The predicted octanol–water partition coefficient (Wildman–Crippen LogP) is 7.48. The van der Waals surface area contributed by atoms with Gasteiger partial charge in [0.05, 0.1) is 22.1 Å². The van der Waals surface area contributed by atoms with Crippen molar-refractivity contribution in [3.05, 3.63) is 94.5 Å². The van der Waals surface area contributed by atoms with Crippen LogP contribution in [0.3, 0.4) is 0 Å². The highest BCUT2D eigenvalue weighted by Crippen LogP contribution is 2.39. The van der Waals surface area contributed by atoms with Gasteiger partial charge in [0.25, 0.3) is 0 Å². The molecule has 198 valence electrons. The van der Waals surface area contributed by atoms with Crippen LogP contribution in [0.2, 0.25) is 0 Å². The Balaban J connectivity index is 1.66. The van der Waals surface area contributed by atoms with Crippen LogP contribution in [0.25, 0.3) is 10.2 Å². The van der Waals surface area contributed by atoms with Crippen molar-refractivity contribution in [1.29, 1.82) is 0 Å². The molecule has 0 aliphatic heterocycles. The molecule has 0 saturated heterocycles. The molecular formula is C31H33NO4S2. The first-order valence-electron chi connectivity index (χ1n) is 13.0. The van der Waals surface area contributed by atoms with Crippen molar-refractivity contribution in [3.8, 4) is 0 Å². The summed E-state index contributed by atoms with van der Waals surface area (Å²) in [7, 11) is 0. The lowest BCUT2D eigenvalue weighted by Gasteiger charge is -2.30. The molecule has 5 nitrogen and oxygen atoms in total. The van der Waals surface area contributed by atoms with Crippen molar-refractivity contribution in [2.45, 2.75) is 63.6 Å². The van der Waals surface area contributed by atoms with Crippen LogP contribution in [0.4, 0.5) is 0 Å². The Bertz CT molecular complexity index is 1360. The maximum absolute atomic E-state index is 13.8. The first-order valence-corrected chi connectivity index (χ1v) is 14.6. The van der Waals surface area contributed by atoms with Gasteiger partial charge in [-0.15, -0.1) is 11.3 Å². The number of hydrogen-bond donors (Lipinski definition) is 1. The molecule has 0 bridgehead atoms. The molecular weight excluding hydrogens is 514 g/mol. The normalized spacial score (nSPS) is 11.6. The first kappa shape index (κ1) is 27.9. The van der Waals surface area contributed by atoms with Crippen molar-refractivity contribution in [1.82, 2.24) is 4.98 Å². The van der Waals surface area contributed by atoms with Crippen molar-refractivity contribution >= 4 is 45.5 Å². The van der Waals surface area contributed by atoms with Gasteiger partial charge < -0.3 is 9.29 Å². The predicted molar refractivity (Wildman–Crippen MR) is 155 cm³/mol. The molecule has 0 atom stereocenters. The number of fused-ring (bicyclic) bond motifs is 1. The maximum Gasteiger partial charge on any atom is 0.325 e. The van der Waals surface area contributed by atoms with Gasteiger partial charge in [-0.25, -0.2) is 4.98 Å². The van der Waals surface area contributed by atoms with Gasteiger partial charge >= 0.3 is 11.9 Å². The zero-order valence-electron chi connectivity index (χ0n) is 22.0. The third kappa shape index (κ3) is 6.27. The van der Waals surface area contributed by atoms with Crippen LogP contribution in [-0.2, 0) is 45.9 Å². The van der Waals surface area contributed by atoms with Gasteiger partial charge in [-0.2, -0.15) is 0 Å². The Labute approximate surface area is 232 Å². The Morgan fingerprint density at radius 1 is 0.895 bits per heavy atom. The summed E-state index contributed by atoms with van der Waals surface area (Å²) in [5, 5.41) is 9.87. The summed E-state index contributed by atoms with van der Waals surface area (Å²) in [5.41, 5.74) is 5.42. The van der Waals surface area contributed by atoms with Crippen LogP contribution in [0.15, 0.2) is 71.1 Å². The number of aryl methyl sites for hydroxylation is 2. The van der Waals surface area contributed by atoms with Crippen molar-refractivity contribution in [2.24, 2.45) is 5.41 Å². The average Bonchev–Trinajstić information content (AvgIpc) is 3.33. The lowest BCUT2D eigenvalue weighted by Crippen LogP contribution is -2.38. The minimum atomic E-state index is -1.27. The second-order valence-corrected chi connectivity index (χ2v) is 11.5. The van der Waals surface area contributed by atoms with Crippen molar-refractivity contribution in [3.63, 3.8) is 0 Å². The molecule has 0 amide bonds. The lowest BCUT2D eigenvalue weighted by molar-refractivity contribution is -0.152. The van der Waals surface area contributed by atoms with E-state index in [-0.39, 0.29) is 19.3 Å². The van der Waals surface area contributed by atoms with Crippen LogP contribution in [0, 0.1) is 5.41 Å². The van der Waals surface area contributed by atoms with E-state index in [1.54, 1.807) is 0 Å². The molecule has 0 radical (unpaired) electrons. The monoisotopic (exact) mass is 547 g/mol. The van der Waals surface area contributed by atoms with Gasteiger partial charge in [0.15, 0.2) is 4.34 Å². The number of thiazole rings is 1. The Kier molecular flexibility index (Phi) is 9.23. The quantitative estimate of drug-likeness (QED) is 0.185. The number of carbonyl (C=O) groups excluding carboxylic acids is 1. The van der Waals surface area contributed by atoms with Gasteiger partial charge in [-0.1, -0.05) is 81.4 Å². The van der Waals surface area contributed by atoms with Gasteiger partial charge in [0.1, 0.15) is 12.0 Å². The first-order chi connectivity index (χ1) is 18.4. The van der Waals surface area contributed by atoms with Crippen LogP contribution in [0.5, 0.6) is 0 Å². The zero-order valence-corrected chi connectivity index (χ0v) is 23.7. The van der Waals surface area contributed by atoms with Crippen LogP contribution >= 0.6 is 23.4 Å². The minimum absolute atomic E-state index is 0.258. The minimum Gasteiger partial charge on any atom is -0.481 e. The highest BCUT2D eigenvalue weighted by atomic mass is 32.2. The molecule has 4 aromatic rings. The second-order valence-electron chi connectivity index (χ2n) is 9.51. The van der Waals surface area contributed by atoms with E-state index in [0.29, 0.717) is 4.34 Å². The van der Waals surface area contributed by atoms with Crippen molar-refractivity contribution < 1.29 is 18.9 Å². The number of rotatable bonds is 12. The Morgan fingerprint density at radius 3 is 1.97 bits per heavy atom. The molecule has 38 heavy (non-hydrogen) atoms. The standard InChI is InChI=1S/C31H33NO4S2/c1-4-23-17-26-28(25(6-3)24(23)5-2)32-30(37-26)38-36-29(35)31(20-27(33)34,18-21-13-9-7-10-14-21)19-22-15-11-8-12-16-22/h7-17H,4-6,18-20H2,1-3H3,(H,33,34). The molecule has 4 rings (SSSR count). The number of carboxylic acids is 1. The molecule has 7 heteroatoms. The van der Waals surface area contributed by atoms with E-state index in [1.165, 1.54) is 28.0 Å². The van der Waals surface area contributed by atoms with E-state index < -0.39 is 17.4 Å². The molecule has 0 spiro atoms. The summed E-state index contributed by atoms with van der Waals surface area (Å²) in [6.45, 7) is 6.48. The molecule has 0 fully saturated rings. The zero-order chi connectivity index (χ0) is 27.1. The molecule has 1 aromatic heterocycles. The molecule has 3 aromatic carbocycles. The van der Waals surface area contributed by atoms with Crippen LogP contribution < -0.4 is 0 Å². The van der Waals surface area contributed by atoms with E-state index in [1.807, 2.05) is 60.7 Å². The largest absolute Gasteiger partial charge is 0.481 e. The fourth-order valence-corrected chi connectivity index (χ4v) is 6.96. The maximum atomic E-state index is 13.8. The summed E-state index contributed by atoms with van der Waals surface area (Å²) < 4.78 is 7.54. The van der Waals surface area contributed by atoms with E-state index in [9.17, 15) is 14.7 Å². The van der Waals surface area contributed by atoms with Gasteiger partial charge in [-0.3, -0.25) is 9.59 Å². The fourth-order valence-electron chi connectivity index (χ4n) is 5.21. The topological polar surface area (TPSA) is 76.5 Å². The molecule has 0 aliphatic rings. The van der Waals surface area contributed by atoms with Crippen molar-refractivity contribution in [2.75, 3.05) is 0 Å². The van der Waals surface area contributed by atoms with E-state index in [0.717, 1.165) is 52.6 Å².